The number of nitrogens with zero attached hydrogens (tertiary/aromatic N) is 2. The third-order valence-electron chi connectivity index (χ3n) is 9.19. The summed E-state index contributed by atoms with van der Waals surface area (Å²) in [5.74, 6) is -0.0572. The number of alkyl carbamates (subject to hydrolysis) is 1. The summed E-state index contributed by atoms with van der Waals surface area (Å²) in [5, 5.41) is 13.5. The summed E-state index contributed by atoms with van der Waals surface area (Å²) in [5.41, 5.74) is -1.76. The van der Waals surface area contributed by atoms with Crippen molar-refractivity contribution < 1.29 is 32.3 Å². The van der Waals surface area contributed by atoms with E-state index in [1.54, 1.807) is 20.8 Å². The molecule has 0 saturated heterocycles. The molecule has 2 bridgehead atoms. The highest BCUT2D eigenvalue weighted by atomic mass is 32.2. The molecule has 1 aromatic rings. The van der Waals surface area contributed by atoms with Gasteiger partial charge in [0.05, 0.1) is 16.9 Å². The first-order chi connectivity index (χ1) is 17.5. The Morgan fingerprint density at radius 1 is 1.26 bits per heavy atom. The average molecular weight is 586 g/mol. The van der Waals surface area contributed by atoms with Crippen molar-refractivity contribution in [3.05, 3.63) is 18.2 Å². The van der Waals surface area contributed by atoms with Gasteiger partial charge in [-0.2, -0.15) is 0 Å². The number of hydrogen-bond donors (Lipinski definition) is 2. The van der Waals surface area contributed by atoms with Gasteiger partial charge in [-0.3, -0.25) is 4.79 Å². The van der Waals surface area contributed by atoms with Crippen LogP contribution in [0.2, 0.25) is 18.1 Å². The van der Waals surface area contributed by atoms with Crippen LogP contribution < -0.4 is 5.32 Å². The quantitative estimate of drug-likeness (QED) is 0.407. The van der Waals surface area contributed by atoms with Crippen LogP contribution in [0.1, 0.15) is 86.5 Å². The summed E-state index contributed by atoms with van der Waals surface area (Å²) in [4.78, 5) is 29.5. The van der Waals surface area contributed by atoms with Gasteiger partial charge in [0.15, 0.2) is 8.32 Å². The summed E-state index contributed by atoms with van der Waals surface area (Å²) in [6.45, 7) is 19.2. The van der Waals surface area contributed by atoms with Crippen LogP contribution in [0.5, 0.6) is 0 Å². The number of fused-ring (bicyclic) bond motifs is 2. The number of nitrogens with one attached hydrogen (secondary N) is 1. The molecule has 2 fully saturated rings. The summed E-state index contributed by atoms with van der Waals surface area (Å²) in [6, 6.07) is 0. The minimum absolute atomic E-state index is 0.0236. The highest BCUT2D eigenvalue weighted by molar-refractivity contribution is 7.89. The van der Waals surface area contributed by atoms with Gasteiger partial charge in [0.2, 0.25) is 10.0 Å². The molecule has 1 heterocycles. The Morgan fingerprint density at radius 2 is 1.87 bits per heavy atom. The topological polar surface area (TPSA) is 137 Å². The fourth-order valence-corrected chi connectivity index (χ4v) is 8.73. The predicted molar refractivity (Wildman–Crippen MR) is 151 cm³/mol. The molecular weight excluding hydrogens is 538 g/mol. The lowest BCUT2D eigenvalue weighted by Crippen LogP contribution is -2.46. The summed E-state index contributed by atoms with van der Waals surface area (Å²) >= 11 is 0. The van der Waals surface area contributed by atoms with Crippen molar-refractivity contribution in [3.63, 3.8) is 0 Å². The van der Waals surface area contributed by atoms with Gasteiger partial charge in [0, 0.05) is 19.2 Å². The zero-order chi connectivity index (χ0) is 29.8. The van der Waals surface area contributed by atoms with Crippen LogP contribution >= 0.6 is 0 Å². The molecule has 3 rings (SSSR count). The van der Waals surface area contributed by atoms with Gasteiger partial charge < -0.3 is 19.6 Å². The number of aliphatic hydroxyl groups excluding tert-OH is 1. The fourth-order valence-electron chi connectivity index (χ4n) is 5.55. The predicted octanol–water partition coefficient (Wildman–Crippen LogP) is 4.40. The number of ether oxygens (including phenoxy) is 1. The molecule has 2 aliphatic carbocycles. The number of imidazole rings is 1. The molecule has 0 aliphatic heterocycles. The molecule has 2 saturated carbocycles. The standard InChI is InChI=1S/C27H47N3O7SSi/c1-24(2,3)36-23(33)28-14-20(31)22(37-39(9,10)25(4,5)6)19-15-30(17-29-19)38(34,35)16-27-12-11-18(13-21(27)32)26(27,7)8/h15,17-18,20,22,31H,11-14,16H2,1-10H3,(H,28,33)/t18-,20+,22-,27-/m1/s1. The first-order valence-corrected chi connectivity index (χ1v) is 18.2. The van der Waals surface area contributed by atoms with Crippen molar-refractivity contribution in [2.75, 3.05) is 12.3 Å². The molecule has 10 nitrogen and oxygen atoms in total. The highest BCUT2D eigenvalue weighted by Crippen LogP contribution is 2.64. The number of hydrogen-bond acceptors (Lipinski definition) is 8. The van der Waals surface area contributed by atoms with E-state index in [-0.39, 0.29) is 34.7 Å². The molecule has 4 atom stereocenters. The van der Waals surface area contributed by atoms with E-state index in [4.69, 9.17) is 9.16 Å². The third kappa shape index (κ3) is 6.28. The number of ketones is 1. The number of carbonyl (C=O) groups excluding carboxylic acids is 2. The number of carbonyl (C=O) groups is 2. The van der Waals surface area contributed by atoms with E-state index in [9.17, 15) is 23.1 Å². The molecule has 39 heavy (non-hydrogen) atoms. The van der Waals surface area contributed by atoms with Crippen LogP contribution in [0.25, 0.3) is 0 Å². The molecule has 0 radical (unpaired) electrons. The van der Waals surface area contributed by atoms with Gasteiger partial charge in [-0.1, -0.05) is 34.6 Å². The van der Waals surface area contributed by atoms with Gasteiger partial charge in [-0.15, -0.1) is 0 Å². The first kappa shape index (κ1) is 31.8. The van der Waals surface area contributed by atoms with E-state index in [2.05, 4.69) is 31.1 Å². The molecule has 1 aromatic heterocycles. The van der Waals surface area contributed by atoms with Crippen molar-refractivity contribution in [1.82, 2.24) is 14.3 Å². The van der Waals surface area contributed by atoms with Crippen molar-refractivity contribution in [2.24, 2.45) is 16.7 Å². The van der Waals surface area contributed by atoms with Gasteiger partial charge in [-0.25, -0.2) is 22.2 Å². The molecule has 222 valence electrons. The largest absolute Gasteiger partial charge is 0.444 e. The summed E-state index contributed by atoms with van der Waals surface area (Å²) < 4.78 is 40.0. The van der Waals surface area contributed by atoms with Crippen LogP contribution in [0, 0.1) is 16.7 Å². The van der Waals surface area contributed by atoms with Crippen molar-refractivity contribution in [2.45, 2.75) is 111 Å². The second-order valence-electron chi connectivity index (χ2n) is 14.3. The van der Waals surface area contributed by atoms with Gasteiger partial charge >= 0.3 is 6.09 Å². The van der Waals surface area contributed by atoms with Crippen LogP contribution in [0.3, 0.4) is 0 Å². The lowest BCUT2D eigenvalue weighted by Gasteiger charge is -2.40. The van der Waals surface area contributed by atoms with Gasteiger partial charge in [0.25, 0.3) is 0 Å². The zero-order valence-electron chi connectivity index (χ0n) is 25.1. The molecule has 1 amide bonds. The lowest BCUT2D eigenvalue weighted by atomic mass is 9.70. The van der Waals surface area contributed by atoms with E-state index >= 15 is 0 Å². The van der Waals surface area contributed by atoms with Crippen LogP contribution in [0.15, 0.2) is 12.5 Å². The number of amides is 1. The molecular formula is C27H47N3O7SSi. The Balaban J connectivity index is 1.88. The SMILES string of the molecule is CC(C)(C)OC(=O)NC[C@H](O)[C@H](O[Si](C)(C)C(C)(C)C)c1cn(S(=O)(=O)C[C@]23CC[C@H](CC2=O)C3(C)C)cn1. The Hall–Kier alpha value is -1.76. The van der Waals surface area contributed by atoms with Gasteiger partial charge in [-0.05, 0) is 63.1 Å². The number of aromatic nitrogens is 2. The summed E-state index contributed by atoms with van der Waals surface area (Å²) in [7, 11) is -6.39. The number of rotatable bonds is 9. The maximum atomic E-state index is 13.6. The molecule has 0 spiro atoms. The zero-order valence-corrected chi connectivity index (χ0v) is 26.9. The minimum Gasteiger partial charge on any atom is -0.444 e. The Morgan fingerprint density at radius 3 is 2.36 bits per heavy atom. The highest BCUT2D eigenvalue weighted by Gasteiger charge is 2.65. The Bertz CT molecular complexity index is 1200. The number of aliphatic hydroxyl groups is 1. The van der Waals surface area contributed by atoms with E-state index in [0.29, 0.717) is 12.8 Å². The molecule has 12 heteroatoms. The van der Waals surface area contributed by atoms with Gasteiger partial charge in [0.1, 0.15) is 29.9 Å². The monoisotopic (exact) mass is 585 g/mol. The average Bonchev–Trinajstić information content (AvgIpc) is 3.38. The van der Waals surface area contributed by atoms with Crippen LogP contribution in [0.4, 0.5) is 4.79 Å². The van der Waals surface area contributed by atoms with Crippen molar-refractivity contribution >= 4 is 30.2 Å². The third-order valence-corrected chi connectivity index (χ3v) is 15.3. The van der Waals surface area contributed by atoms with E-state index in [1.165, 1.54) is 12.5 Å². The molecule has 0 aromatic carbocycles. The normalized spacial score (nSPS) is 25.0. The molecule has 0 unspecified atom stereocenters. The van der Waals surface area contributed by atoms with Crippen molar-refractivity contribution in [1.29, 1.82) is 0 Å². The Kier molecular flexibility index (Phi) is 8.35. The van der Waals surface area contributed by atoms with E-state index < -0.39 is 53.1 Å². The van der Waals surface area contributed by atoms with Crippen LogP contribution in [-0.2, 0) is 24.0 Å². The van der Waals surface area contributed by atoms with E-state index in [0.717, 1.165) is 10.4 Å². The lowest BCUT2D eigenvalue weighted by molar-refractivity contribution is -0.128. The molecule has 2 N–H and O–H groups in total. The van der Waals surface area contributed by atoms with E-state index in [1.807, 2.05) is 26.9 Å². The van der Waals surface area contributed by atoms with Crippen molar-refractivity contribution in [3.8, 4) is 0 Å². The minimum atomic E-state index is -3.93. The number of Topliss-reactive ketones (excluding diaryl/α,β-unsaturated/α-hetero) is 1. The second kappa shape index (κ2) is 10.3. The van der Waals surface area contributed by atoms with Crippen LogP contribution in [-0.4, -0.2) is 66.7 Å². The maximum absolute atomic E-state index is 13.6. The Labute approximate surface area is 234 Å². The fraction of sp³-hybridized carbons (Fsp3) is 0.815. The molecule has 2 aliphatic rings. The maximum Gasteiger partial charge on any atom is 0.407 e. The second-order valence-corrected chi connectivity index (χ2v) is 20.9. The summed E-state index contributed by atoms with van der Waals surface area (Å²) in [6.07, 6.45) is 1.52. The first-order valence-electron chi connectivity index (χ1n) is 13.7. The smallest absolute Gasteiger partial charge is 0.407 e.